The van der Waals surface area contributed by atoms with E-state index in [1.54, 1.807) is 0 Å². The van der Waals surface area contributed by atoms with Crippen LogP contribution in [0.1, 0.15) is 38.5 Å². The maximum atomic E-state index is 7.39. The maximum absolute atomic E-state index is 7.39. The van der Waals surface area contributed by atoms with Gasteiger partial charge < -0.3 is 4.85 Å². The summed E-state index contributed by atoms with van der Waals surface area (Å²) in [4.78, 5) is 3.88. The summed E-state index contributed by atoms with van der Waals surface area (Å²) in [7, 11) is 0. The second-order valence-electron chi connectivity index (χ2n) is 4.67. The van der Waals surface area contributed by atoms with Gasteiger partial charge in [0.05, 0.1) is 11.8 Å². The first-order valence-corrected chi connectivity index (χ1v) is 6.11. The zero-order chi connectivity index (χ0) is 10.5. The summed E-state index contributed by atoms with van der Waals surface area (Å²) in [5, 5.41) is 0. The summed E-state index contributed by atoms with van der Waals surface area (Å²) in [5.41, 5.74) is 0. The molecule has 1 nitrogen and oxygen atoms in total. The summed E-state index contributed by atoms with van der Waals surface area (Å²) < 4.78 is 0. The van der Waals surface area contributed by atoms with Gasteiger partial charge >= 0.3 is 0 Å². The Kier molecular flexibility index (Phi) is 3.61. The molecule has 0 radical (unpaired) electrons. The smallest absolute Gasteiger partial charge is 0.236 e. The Balaban J connectivity index is 2.05. The molecular formula is C14H19N. The number of hydrogen-bond donors (Lipinski definition) is 0. The molecule has 2 atom stereocenters. The number of nitrogens with zero attached hydrogens (tertiary/aromatic N) is 1. The van der Waals surface area contributed by atoms with Crippen LogP contribution in [0.25, 0.3) is 4.85 Å². The standard InChI is InChI=1S/C14H19N/c1-15-14(12-8-4-2-5-9-12)13-10-6-3-7-11-13/h4,6,8,10,12-14H,2-3,5,7,9,11H2. The highest BCUT2D eigenvalue weighted by Gasteiger charge is 2.32. The number of hydrogen-bond acceptors (Lipinski definition) is 0. The minimum absolute atomic E-state index is 0.207. The SMILES string of the molecule is [C-]#[N+]C(C1C=CCCC1)C1C=CCCC1. The molecule has 0 aromatic rings. The van der Waals surface area contributed by atoms with Gasteiger partial charge in [0.2, 0.25) is 6.04 Å². The van der Waals surface area contributed by atoms with Crippen molar-refractivity contribution in [2.24, 2.45) is 11.8 Å². The predicted octanol–water partition coefficient (Wildman–Crippen LogP) is 3.99. The van der Waals surface area contributed by atoms with Gasteiger partial charge in [0.1, 0.15) is 0 Å². The molecule has 0 fully saturated rings. The number of allylic oxidation sites excluding steroid dienone is 2. The molecule has 2 aliphatic carbocycles. The van der Waals surface area contributed by atoms with Crippen molar-refractivity contribution < 1.29 is 0 Å². The van der Waals surface area contributed by atoms with Crippen LogP contribution in [0.15, 0.2) is 24.3 Å². The van der Waals surface area contributed by atoms with Crippen LogP contribution in [-0.4, -0.2) is 6.04 Å². The van der Waals surface area contributed by atoms with Crippen LogP contribution >= 0.6 is 0 Å². The monoisotopic (exact) mass is 201 g/mol. The first-order chi connectivity index (χ1) is 7.42. The van der Waals surface area contributed by atoms with Gasteiger partial charge in [-0.25, -0.2) is 6.57 Å². The first-order valence-electron chi connectivity index (χ1n) is 6.11. The van der Waals surface area contributed by atoms with Crippen LogP contribution in [0.5, 0.6) is 0 Å². The van der Waals surface area contributed by atoms with Gasteiger partial charge in [-0.15, -0.1) is 0 Å². The highest BCUT2D eigenvalue weighted by Crippen LogP contribution is 2.32. The summed E-state index contributed by atoms with van der Waals surface area (Å²) in [6.07, 6.45) is 16.5. The van der Waals surface area contributed by atoms with E-state index in [4.69, 9.17) is 6.57 Å². The van der Waals surface area contributed by atoms with E-state index in [0.29, 0.717) is 11.8 Å². The Hall–Kier alpha value is -1.03. The summed E-state index contributed by atoms with van der Waals surface area (Å²) in [5.74, 6) is 1.04. The normalized spacial score (nSPS) is 32.2. The van der Waals surface area contributed by atoms with E-state index in [2.05, 4.69) is 29.1 Å². The third-order valence-electron chi connectivity index (χ3n) is 3.61. The molecule has 0 aliphatic heterocycles. The van der Waals surface area contributed by atoms with E-state index in [-0.39, 0.29) is 6.04 Å². The van der Waals surface area contributed by atoms with E-state index in [9.17, 15) is 0 Å². The Labute approximate surface area is 92.7 Å². The van der Waals surface area contributed by atoms with Crippen LogP contribution in [0.3, 0.4) is 0 Å². The Morgan fingerprint density at radius 2 is 1.53 bits per heavy atom. The molecule has 0 N–H and O–H groups in total. The van der Waals surface area contributed by atoms with Gasteiger partial charge in [-0.1, -0.05) is 24.3 Å². The third kappa shape index (κ3) is 2.50. The van der Waals surface area contributed by atoms with Crippen molar-refractivity contribution in [3.8, 4) is 0 Å². The van der Waals surface area contributed by atoms with Crippen LogP contribution in [-0.2, 0) is 0 Å². The second kappa shape index (κ2) is 5.16. The fraction of sp³-hybridized carbons (Fsp3) is 0.643. The van der Waals surface area contributed by atoms with Gasteiger partial charge in [-0.2, -0.15) is 0 Å². The molecule has 15 heavy (non-hydrogen) atoms. The zero-order valence-corrected chi connectivity index (χ0v) is 9.23. The summed E-state index contributed by atoms with van der Waals surface area (Å²) in [6.45, 7) is 7.39. The van der Waals surface area contributed by atoms with Crippen molar-refractivity contribution in [1.82, 2.24) is 0 Å². The Morgan fingerprint density at radius 3 is 1.87 bits per heavy atom. The molecule has 80 valence electrons. The van der Waals surface area contributed by atoms with Gasteiger partial charge in [0, 0.05) is 0 Å². The van der Waals surface area contributed by atoms with E-state index in [1.165, 1.54) is 38.5 Å². The van der Waals surface area contributed by atoms with Gasteiger partial charge in [0.15, 0.2) is 0 Å². The van der Waals surface area contributed by atoms with Gasteiger partial charge in [-0.3, -0.25) is 0 Å². The number of rotatable bonds is 2. The van der Waals surface area contributed by atoms with E-state index < -0.39 is 0 Å². The molecule has 1 heteroatoms. The van der Waals surface area contributed by atoms with Crippen molar-refractivity contribution in [3.63, 3.8) is 0 Å². The van der Waals surface area contributed by atoms with Crippen molar-refractivity contribution in [1.29, 1.82) is 0 Å². The Morgan fingerprint density at radius 1 is 1.00 bits per heavy atom. The average Bonchev–Trinajstić information content (AvgIpc) is 2.33. The molecule has 0 amide bonds. The van der Waals surface area contributed by atoms with Crippen molar-refractivity contribution in [2.75, 3.05) is 0 Å². The maximum Gasteiger partial charge on any atom is 0.236 e. The lowest BCUT2D eigenvalue weighted by Gasteiger charge is -2.24. The summed E-state index contributed by atoms with van der Waals surface area (Å²) in [6, 6.07) is 0.207. The second-order valence-corrected chi connectivity index (χ2v) is 4.67. The van der Waals surface area contributed by atoms with Crippen molar-refractivity contribution in [3.05, 3.63) is 35.7 Å². The minimum Gasteiger partial charge on any atom is -0.312 e. The molecule has 0 saturated carbocycles. The van der Waals surface area contributed by atoms with Crippen LogP contribution in [0.2, 0.25) is 0 Å². The van der Waals surface area contributed by atoms with E-state index in [0.717, 1.165) is 0 Å². The molecule has 0 heterocycles. The molecule has 2 aliphatic rings. The molecule has 0 saturated heterocycles. The molecule has 0 aromatic heterocycles. The molecule has 0 spiro atoms. The van der Waals surface area contributed by atoms with E-state index >= 15 is 0 Å². The highest BCUT2D eigenvalue weighted by atomic mass is 14.7. The quantitative estimate of drug-likeness (QED) is 0.470. The fourth-order valence-electron chi connectivity index (χ4n) is 2.76. The summed E-state index contributed by atoms with van der Waals surface area (Å²) >= 11 is 0. The third-order valence-corrected chi connectivity index (χ3v) is 3.61. The van der Waals surface area contributed by atoms with Crippen molar-refractivity contribution in [2.45, 2.75) is 44.6 Å². The fourth-order valence-corrected chi connectivity index (χ4v) is 2.76. The molecule has 0 bridgehead atoms. The lowest BCUT2D eigenvalue weighted by Crippen LogP contribution is -2.26. The van der Waals surface area contributed by atoms with Crippen LogP contribution in [0.4, 0.5) is 0 Å². The predicted molar refractivity (Wildman–Crippen MR) is 63.4 cm³/mol. The topological polar surface area (TPSA) is 4.36 Å². The largest absolute Gasteiger partial charge is 0.312 e. The lowest BCUT2D eigenvalue weighted by atomic mass is 9.79. The lowest BCUT2D eigenvalue weighted by molar-refractivity contribution is 0.382. The first kappa shape index (κ1) is 10.5. The molecule has 2 rings (SSSR count). The Bertz CT molecular complexity index is 271. The highest BCUT2D eigenvalue weighted by molar-refractivity contribution is 5.09. The average molecular weight is 201 g/mol. The van der Waals surface area contributed by atoms with E-state index in [1.807, 2.05) is 0 Å². The molecule has 2 unspecified atom stereocenters. The van der Waals surface area contributed by atoms with Crippen LogP contribution < -0.4 is 0 Å². The van der Waals surface area contributed by atoms with Crippen LogP contribution in [0, 0.1) is 18.4 Å². The molecule has 0 aromatic carbocycles. The molecular weight excluding hydrogens is 182 g/mol. The van der Waals surface area contributed by atoms with Gasteiger partial charge in [0.25, 0.3) is 0 Å². The zero-order valence-electron chi connectivity index (χ0n) is 9.23. The van der Waals surface area contributed by atoms with Crippen molar-refractivity contribution >= 4 is 0 Å². The minimum atomic E-state index is 0.207. The van der Waals surface area contributed by atoms with Gasteiger partial charge in [-0.05, 0) is 38.5 Å².